The zero-order valence-electron chi connectivity index (χ0n) is 31.8. The van der Waals surface area contributed by atoms with Crippen LogP contribution >= 0.6 is 11.6 Å². The van der Waals surface area contributed by atoms with E-state index in [1.807, 2.05) is 12.1 Å². The maximum absolute atomic E-state index is 13.4. The fourth-order valence-corrected chi connectivity index (χ4v) is 9.59. The summed E-state index contributed by atoms with van der Waals surface area (Å²) in [7, 11) is 0. The topological polar surface area (TPSA) is 184 Å². The highest BCUT2D eigenvalue weighted by molar-refractivity contribution is 6.31. The van der Waals surface area contributed by atoms with E-state index >= 15 is 0 Å². The van der Waals surface area contributed by atoms with Crippen LogP contribution < -0.4 is 25.2 Å². The van der Waals surface area contributed by atoms with Gasteiger partial charge in [0, 0.05) is 69.0 Å². The first-order valence-corrected chi connectivity index (χ1v) is 20.4. The highest BCUT2D eigenvalue weighted by atomic mass is 35.5. The van der Waals surface area contributed by atoms with E-state index < -0.39 is 23.8 Å². The highest BCUT2D eigenvalue weighted by Crippen LogP contribution is 2.38. The summed E-state index contributed by atoms with van der Waals surface area (Å²) >= 11 is 6.15. The number of nitrogens with zero attached hydrogens (tertiary/aromatic N) is 8. The number of hydrogen-bond acceptors (Lipinski definition) is 12. The van der Waals surface area contributed by atoms with E-state index in [1.54, 1.807) is 36.4 Å². The molecule has 0 spiro atoms. The quantitative estimate of drug-likeness (QED) is 0.299. The molecule has 300 valence electrons. The first kappa shape index (κ1) is 37.8. The number of amides is 6. The first-order valence-electron chi connectivity index (χ1n) is 20.0. The van der Waals surface area contributed by atoms with E-state index in [2.05, 4.69) is 41.6 Å². The second-order valence-electron chi connectivity index (χ2n) is 16.1. The molecule has 6 heterocycles. The van der Waals surface area contributed by atoms with E-state index in [0.717, 1.165) is 99.2 Å². The van der Waals surface area contributed by atoms with Gasteiger partial charge in [-0.05, 0) is 93.3 Å². The predicted octanol–water partition coefficient (Wildman–Crippen LogP) is 3.75. The Morgan fingerprint density at radius 3 is 2.38 bits per heavy atom. The smallest absolute Gasteiger partial charge is 0.343 e. The van der Waals surface area contributed by atoms with Crippen molar-refractivity contribution in [2.24, 2.45) is 5.92 Å². The molecule has 2 aromatic carbocycles. The third-order valence-corrected chi connectivity index (χ3v) is 12.8. The molecule has 0 radical (unpaired) electrons. The van der Waals surface area contributed by atoms with Gasteiger partial charge in [-0.2, -0.15) is 10.3 Å². The minimum atomic E-state index is -0.773. The Morgan fingerprint density at radius 2 is 1.69 bits per heavy atom. The minimum Gasteiger partial charge on any atom is -0.490 e. The number of nitriles is 1. The third kappa shape index (κ3) is 7.28. The number of carbonyl (C=O) groups is 5. The molecule has 2 bridgehead atoms. The van der Waals surface area contributed by atoms with E-state index in [9.17, 15) is 24.0 Å². The molecule has 2 N–H and O–H groups in total. The molecular formula is C41H43ClN10O6. The number of nitrogens with one attached hydrogen (secondary N) is 2. The van der Waals surface area contributed by atoms with Crippen molar-refractivity contribution >= 4 is 52.8 Å². The van der Waals surface area contributed by atoms with Crippen LogP contribution in [0.3, 0.4) is 0 Å². The van der Waals surface area contributed by atoms with E-state index in [4.69, 9.17) is 21.6 Å². The Bertz CT molecular complexity index is 2200. The van der Waals surface area contributed by atoms with Crippen molar-refractivity contribution in [1.82, 2.24) is 35.7 Å². The second kappa shape index (κ2) is 15.5. The summed E-state index contributed by atoms with van der Waals surface area (Å²) in [5.41, 5.74) is 2.14. The van der Waals surface area contributed by atoms with Crippen molar-refractivity contribution < 1.29 is 28.7 Å². The number of urea groups is 1. The molecule has 5 fully saturated rings. The van der Waals surface area contributed by atoms with Crippen LogP contribution in [0.4, 0.5) is 16.3 Å². The lowest BCUT2D eigenvalue weighted by molar-refractivity contribution is -0.122. The Balaban J connectivity index is 0.714. The van der Waals surface area contributed by atoms with Crippen LogP contribution in [0.1, 0.15) is 88.1 Å². The molecule has 16 nitrogen and oxygen atoms in total. The average Bonchev–Trinajstić information content (AvgIpc) is 3.90. The van der Waals surface area contributed by atoms with Crippen molar-refractivity contribution in [2.45, 2.75) is 75.6 Å². The SMILES string of the molecule is N#Cc1ccc(OC2CCC(NC(=O)c3ccc(N4CCC(CN5C[C@H]6C[C@@H]5CN6c5ccc6c(c5)C(=O)N(N5CCC(=O)NC5=O)C6=O)CC4)nn3)CC2)cc1Cl. The maximum Gasteiger partial charge on any atom is 0.343 e. The van der Waals surface area contributed by atoms with Gasteiger partial charge in [-0.15, -0.1) is 10.2 Å². The minimum absolute atomic E-state index is 0.0168. The van der Waals surface area contributed by atoms with Crippen molar-refractivity contribution in [3.8, 4) is 11.8 Å². The van der Waals surface area contributed by atoms with Gasteiger partial charge in [0.15, 0.2) is 11.5 Å². The summed E-state index contributed by atoms with van der Waals surface area (Å²) in [4.78, 5) is 70.7. The molecule has 58 heavy (non-hydrogen) atoms. The first-order chi connectivity index (χ1) is 28.1. The monoisotopic (exact) mass is 806 g/mol. The number of likely N-dealkylation sites (tertiary alicyclic amines) is 1. The van der Waals surface area contributed by atoms with Gasteiger partial charge < -0.3 is 19.9 Å². The molecule has 3 aromatic rings. The lowest BCUT2D eigenvalue weighted by Crippen LogP contribution is -2.58. The number of halogens is 1. The van der Waals surface area contributed by atoms with Crippen LogP contribution in [0.5, 0.6) is 5.75 Å². The van der Waals surface area contributed by atoms with Crippen molar-refractivity contribution in [2.75, 3.05) is 49.1 Å². The van der Waals surface area contributed by atoms with Gasteiger partial charge in [0.2, 0.25) is 5.91 Å². The number of hydrogen-bond donors (Lipinski definition) is 2. The fourth-order valence-electron chi connectivity index (χ4n) is 9.38. The fraction of sp³-hybridized carbons (Fsp3) is 0.463. The molecule has 6 aliphatic rings. The number of anilines is 2. The lowest BCUT2D eigenvalue weighted by atomic mass is 9.93. The molecule has 2 atom stereocenters. The zero-order valence-corrected chi connectivity index (χ0v) is 32.6. The molecule has 17 heteroatoms. The highest BCUT2D eigenvalue weighted by Gasteiger charge is 2.46. The molecular weight excluding hydrogens is 764 g/mol. The lowest BCUT2D eigenvalue weighted by Gasteiger charge is -2.39. The number of carbonyl (C=O) groups excluding carboxylic acids is 5. The van der Waals surface area contributed by atoms with Gasteiger partial charge in [0.05, 0.1) is 34.4 Å². The van der Waals surface area contributed by atoms with Crippen molar-refractivity contribution in [1.29, 1.82) is 5.26 Å². The summed E-state index contributed by atoms with van der Waals surface area (Å²) < 4.78 is 6.08. The van der Waals surface area contributed by atoms with Crippen molar-refractivity contribution in [3.05, 3.63) is 75.9 Å². The number of benzene rings is 2. The summed E-state index contributed by atoms with van der Waals surface area (Å²) in [6, 6.07) is 16.1. The zero-order chi connectivity index (χ0) is 40.1. The molecule has 1 aromatic heterocycles. The van der Waals surface area contributed by atoms with Gasteiger partial charge in [0.1, 0.15) is 11.8 Å². The van der Waals surface area contributed by atoms with E-state index in [1.165, 1.54) is 0 Å². The number of ether oxygens (including phenoxy) is 1. The van der Waals surface area contributed by atoms with E-state index in [-0.39, 0.29) is 42.1 Å². The predicted molar refractivity (Wildman–Crippen MR) is 210 cm³/mol. The van der Waals surface area contributed by atoms with Crippen molar-refractivity contribution in [3.63, 3.8) is 0 Å². The summed E-state index contributed by atoms with van der Waals surface area (Å²) in [6.45, 7) is 4.50. The Hall–Kier alpha value is -5.79. The average molecular weight is 807 g/mol. The number of piperazine rings is 1. The van der Waals surface area contributed by atoms with Gasteiger partial charge in [-0.3, -0.25) is 29.4 Å². The standard InChI is InChI=1S/C41H43ClN10O6/c42-34-19-31(5-1-25(34)20-43)58-30-6-2-26(3-7-30)44-38(54)35-9-10-36(47-46-35)48-14-11-24(12-15-48)21-49-22-29-17-28(49)23-50(29)27-4-8-32-33(18-27)40(56)52(39(32)55)51-16-13-37(53)45-41(51)57/h1,4-5,8-10,18-19,24,26,28-30H,2-3,6-7,11-17,21-23H2,(H,44,54)(H,45,53,57)/t26?,28-,29-,30?/m1/s1. The molecule has 1 saturated carbocycles. The molecule has 4 saturated heterocycles. The second-order valence-corrected chi connectivity index (χ2v) is 16.5. The number of imide groups is 2. The number of piperidine rings is 1. The van der Waals surface area contributed by atoms with Crippen LogP contribution in [0.2, 0.25) is 5.02 Å². The Labute approximate surface area is 340 Å². The van der Waals surface area contributed by atoms with Crippen LogP contribution in [0.25, 0.3) is 0 Å². The van der Waals surface area contributed by atoms with Gasteiger partial charge >= 0.3 is 6.03 Å². The van der Waals surface area contributed by atoms with E-state index in [0.29, 0.717) is 40.0 Å². The molecule has 9 rings (SSSR count). The van der Waals surface area contributed by atoms with Gasteiger partial charge in [0.25, 0.3) is 17.7 Å². The maximum atomic E-state index is 13.4. The molecule has 6 amide bonds. The van der Waals surface area contributed by atoms with Crippen LogP contribution in [0, 0.1) is 17.2 Å². The van der Waals surface area contributed by atoms with Crippen LogP contribution in [-0.4, -0.2) is 118 Å². The normalized spacial score (nSPS) is 24.9. The third-order valence-electron chi connectivity index (χ3n) is 12.5. The Kier molecular flexibility index (Phi) is 10.1. The number of hydrazine groups is 1. The molecule has 5 aliphatic heterocycles. The van der Waals surface area contributed by atoms with Gasteiger partial charge in [-0.25, -0.2) is 9.80 Å². The largest absolute Gasteiger partial charge is 0.490 e. The van der Waals surface area contributed by atoms with Gasteiger partial charge in [-0.1, -0.05) is 11.6 Å². The summed E-state index contributed by atoms with van der Waals surface area (Å²) in [6.07, 6.45) is 6.29. The summed E-state index contributed by atoms with van der Waals surface area (Å²) in [5.74, 6) is 0.196. The number of rotatable bonds is 9. The number of aromatic nitrogens is 2. The number of fused-ring (bicyclic) bond motifs is 3. The van der Waals surface area contributed by atoms with Crippen LogP contribution in [-0.2, 0) is 4.79 Å². The van der Waals surface area contributed by atoms with Crippen LogP contribution in [0.15, 0.2) is 48.5 Å². The Morgan fingerprint density at radius 1 is 0.897 bits per heavy atom. The molecule has 0 unspecified atom stereocenters. The summed E-state index contributed by atoms with van der Waals surface area (Å²) in [5, 5.41) is 25.3. The molecule has 1 aliphatic carbocycles.